The van der Waals surface area contributed by atoms with Crippen molar-refractivity contribution in [2.45, 2.75) is 13.0 Å². The Morgan fingerprint density at radius 2 is 2.06 bits per heavy atom. The van der Waals surface area contributed by atoms with E-state index >= 15 is 0 Å². The molecule has 0 fully saturated rings. The van der Waals surface area contributed by atoms with Gasteiger partial charge in [0.25, 0.3) is 0 Å². The summed E-state index contributed by atoms with van der Waals surface area (Å²) in [7, 11) is 1.65. The van der Waals surface area contributed by atoms with Crippen LogP contribution in [0, 0.1) is 0 Å². The van der Waals surface area contributed by atoms with Crippen molar-refractivity contribution in [3.63, 3.8) is 0 Å². The first kappa shape index (κ1) is 18.7. The third kappa shape index (κ3) is 6.58. The van der Waals surface area contributed by atoms with Crippen LogP contribution in [0.4, 0.5) is 11.4 Å². The molecule has 6 heteroatoms. The molecule has 0 spiro atoms. The quantitative estimate of drug-likeness (QED) is 0.552. The third-order valence-corrected chi connectivity index (χ3v) is 2.08. The van der Waals surface area contributed by atoms with Gasteiger partial charge in [0.15, 0.2) is 0 Å². The number of hydrogen-bond acceptors (Lipinski definition) is 4. The number of nitrogen functional groups attached to an aromatic ring is 1. The highest BCUT2D eigenvalue weighted by Gasteiger charge is 2.01. The van der Waals surface area contributed by atoms with Crippen LogP contribution in [0.2, 0.25) is 0 Å². The van der Waals surface area contributed by atoms with E-state index in [1.54, 1.807) is 7.11 Å². The van der Waals surface area contributed by atoms with Crippen molar-refractivity contribution in [2.24, 2.45) is 0 Å². The first-order valence-corrected chi connectivity index (χ1v) is 5.00. The summed E-state index contributed by atoms with van der Waals surface area (Å²) in [4.78, 5) is 0. The van der Waals surface area contributed by atoms with Crippen molar-refractivity contribution < 1.29 is 9.84 Å². The maximum Gasteiger partial charge on any atom is 0.0733 e. The molecule has 0 saturated heterocycles. The van der Waals surface area contributed by atoms with Gasteiger partial charge in [0.1, 0.15) is 0 Å². The van der Waals surface area contributed by atoms with Gasteiger partial charge in [0, 0.05) is 37.2 Å². The topological polar surface area (TPSA) is 67.5 Å². The van der Waals surface area contributed by atoms with Gasteiger partial charge in [0.05, 0.1) is 6.61 Å². The molecule has 17 heavy (non-hydrogen) atoms. The minimum Gasteiger partial charge on any atom is -0.399 e. The molecule has 0 aliphatic rings. The summed E-state index contributed by atoms with van der Waals surface area (Å²) in [6, 6.07) is 5.67. The minimum absolute atomic E-state index is 0. The van der Waals surface area contributed by atoms with Crippen LogP contribution in [0.1, 0.15) is 12.0 Å². The zero-order chi connectivity index (χ0) is 11.1. The van der Waals surface area contributed by atoms with E-state index in [1.165, 1.54) is 0 Å². The van der Waals surface area contributed by atoms with Crippen LogP contribution in [0.25, 0.3) is 0 Å². The number of aliphatic hydroxyl groups is 1. The maximum absolute atomic E-state index is 8.68. The normalized spacial score (nSPS) is 9.06. The summed E-state index contributed by atoms with van der Waals surface area (Å²) >= 11 is 0. The van der Waals surface area contributed by atoms with E-state index in [9.17, 15) is 0 Å². The Balaban J connectivity index is 0. The average Bonchev–Trinajstić information content (AvgIpc) is 2.22. The lowest BCUT2D eigenvalue weighted by atomic mass is 10.1. The van der Waals surface area contributed by atoms with Crippen LogP contribution in [-0.4, -0.2) is 25.4 Å². The molecule has 0 radical (unpaired) electrons. The summed E-state index contributed by atoms with van der Waals surface area (Å²) in [5.74, 6) is 0. The molecule has 1 rings (SSSR count). The number of nitrogens with one attached hydrogen (secondary N) is 1. The predicted molar refractivity (Wildman–Crippen MR) is 76.3 cm³/mol. The minimum atomic E-state index is 0. The van der Waals surface area contributed by atoms with E-state index in [0.29, 0.717) is 6.61 Å². The van der Waals surface area contributed by atoms with Crippen molar-refractivity contribution >= 4 is 36.2 Å². The molecule has 0 aromatic heterocycles. The fourth-order valence-corrected chi connectivity index (χ4v) is 1.36. The Labute approximate surface area is 114 Å². The van der Waals surface area contributed by atoms with Gasteiger partial charge >= 0.3 is 0 Å². The van der Waals surface area contributed by atoms with E-state index in [-0.39, 0.29) is 31.4 Å². The predicted octanol–water partition coefficient (Wildman–Crippen LogP) is 2.05. The molecule has 0 saturated carbocycles. The molecule has 0 amide bonds. The van der Waals surface area contributed by atoms with E-state index in [1.807, 2.05) is 18.2 Å². The molecule has 100 valence electrons. The van der Waals surface area contributed by atoms with Gasteiger partial charge in [-0.25, -0.2) is 0 Å². The number of aliphatic hydroxyl groups excluding tert-OH is 1. The van der Waals surface area contributed by atoms with E-state index < -0.39 is 0 Å². The number of hydrogen-bond donors (Lipinski definition) is 3. The van der Waals surface area contributed by atoms with Crippen molar-refractivity contribution in [1.29, 1.82) is 0 Å². The van der Waals surface area contributed by atoms with Gasteiger partial charge in [-0.05, 0) is 24.6 Å². The summed E-state index contributed by atoms with van der Waals surface area (Å²) in [6.45, 7) is 1.48. The molecule has 0 unspecified atom stereocenters. The second-order valence-electron chi connectivity index (χ2n) is 3.35. The fourth-order valence-electron chi connectivity index (χ4n) is 1.36. The SMILES string of the molecule is COCc1cc(N)ccc1NCCCO.Cl.Cl. The first-order chi connectivity index (χ1) is 7.27. The van der Waals surface area contributed by atoms with Gasteiger partial charge < -0.3 is 20.9 Å². The van der Waals surface area contributed by atoms with Crippen LogP contribution in [-0.2, 0) is 11.3 Å². The molecule has 1 aromatic rings. The lowest BCUT2D eigenvalue weighted by Crippen LogP contribution is -2.06. The second-order valence-corrected chi connectivity index (χ2v) is 3.35. The molecular formula is C11H20Cl2N2O2. The maximum atomic E-state index is 8.68. The van der Waals surface area contributed by atoms with E-state index in [2.05, 4.69) is 5.32 Å². The molecule has 1 aromatic carbocycles. The fraction of sp³-hybridized carbons (Fsp3) is 0.455. The molecule has 0 atom stereocenters. The average molecular weight is 283 g/mol. The summed E-state index contributed by atoms with van der Waals surface area (Å²) in [6.07, 6.45) is 0.733. The molecule has 0 aliphatic heterocycles. The van der Waals surface area contributed by atoms with Crippen molar-refractivity contribution in [3.05, 3.63) is 23.8 Å². The Bertz CT molecular complexity index is 312. The smallest absolute Gasteiger partial charge is 0.0733 e. The molecule has 0 aliphatic carbocycles. The van der Waals surface area contributed by atoms with Crippen LogP contribution < -0.4 is 11.1 Å². The monoisotopic (exact) mass is 282 g/mol. The van der Waals surface area contributed by atoms with Crippen LogP contribution in [0.15, 0.2) is 18.2 Å². The highest BCUT2D eigenvalue weighted by Crippen LogP contribution is 2.19. The Morgan fingerprint density at radius 3 is 2.65 bits per heavy atom. The highest BCUT2D eigenvalue weighted by molar-refractivity contribution is 5.85. The van der Waals surface area contributed by atoms with Gasteiger partial charge in [0.2, 0.25) is 0 Å². The number of nitrogens with two attached hydrogens (primary N) is 1. The lowest BCUT2D eigenvalue weighted by Gasteiger charge is -2.11. The Kier molecular flexibility index (Phi) is 11.5. The number of anilines is 2. The zero-order valence-corrected chi connectivity index (χ0v) is 11.4. The Morgan fingerprint density at radius 1 is 1.35 bits per heavy atom. The van der Waals surface area contributed by atoms with Gasteiger partial charge in [-0.2, -0.15) is 0 Å². The summed E-state index contributed by atoms with van der Waals surface area (Å²) < 4.78 is 5.08. The van der Waals surface area contributed by atoms with Crippen LogP contribution >= 0.6 is 24.8 Å². The van der Waals surface area contributed by atoms with Crippen molar-refractivity contribution in [3.8, 4) is 0 Å². The molecule has 4 nitrogen and oxygen atoms in total. The summed E-state index contributed by atoms with van der Waals surface area (Å²) in [5, 5.41) is 11.9. The third-order valence-electron chi connectivity index (χ3n) is 2.08. The van der Waals surface area contributed by atoms with E-state index in [0.717, 1.165) is 29.9 Å². The number of methoxy groups -OCH3 is 1. The van der Waals surface area contributed by atoms with Gasteiger partial charge in [-0.1, -0.05) is 0 Å². The van der Waals surface area contributed by atoms with Gasteiger partial charge in [-0.3, -0.25) is 0 Å². The van der Waals surface area contributed by atoms with Crippen molar-refractivity contribution in [2.75, 3.05) is 31.3 Å². The number of benzene rings is 1. The largest absolute Gasteiger partial charge is 0.399 e. The molecule has 0 bridgehead atoms. The first-order valence-electron chi connectivity index (χ1n) is 5.00. The highest BCUT2D eigenvalue weighted by atomic mass is 35.5. The van der Waals surface area contributed by atoms with Crippen LogP contribution in [0.5, 0.6) is 0 Å². The van der Waals surface area contributed by atoms with E-state index in [4.69, 9.17) is 15.6 Å². The van der Waals surface area contributed by atoms with Crippen molar-refractivity contribution in [1.82, 2.24) is 0 Å². The van der Waals surface area contributed by atoms with Crippen LogP contribution in [0.3, 0.4) is 0 Å². The lowest BCUT2D eigenvalue weighted by molar-refractivity contribution is 0.185. The Hall–Kier alpha value is -0.680. The number of rotatable bonds is 6. The summed E-state index contributed by atoms with van der Waals surface area (Å²) in [5.41, 5.74) is 8.47. The van der Waals surface area contributed by atoms with Gasteiger partial charge in [-0.15, -0.1) is 24.8 Å². The molecule has 0 heterocycles. The molecular weight excluding hydrogens is 263 g/mol. The number of ether oxygens (including phenoxy) is 1. The standard InChI is InChI=1S/C11H18N2O2.2ClH/c1-15-8-9-7-10(12)3-4-11(9)13-5-2-6-14;;/h3-4,7,13-14H,2,5-6,8,12H2,1H3;2*1H. The zero-order valence-electron chi connectivity index (χ0n) is 9.81. The number of halogens is 2. The molecule has 4 N–H and O–H groups in total. The second kappa shape index (κ2) is 10.5.